The van der Waals surface area contributed by atoms with Crippen LogP contribution in [0.4, 0.5) is 0 Å². The van der Waals surface area contributed by atoms with Crippen LogP contribution in [0.1, 0.15) is 19.4 Å². The van der Waals surface area contributed by atoms with E-state index in [9.17, 15) is 0 Å². The van der Waals surface area contributed by atoms with Gasteiger partial charge in [0.05, 0.1) is 0 Å². The van der Waals surface area contributed by atoms with Crippen LogP contribution in [0.5, 0.6) is 0 Å². The van der Waals surface area contributed by atoms with Gasteiger partial charge in [0.15, 0.2) is 5.17 Å². The summed E-state index contributed by atoms with van der Waals surface area (Å²) < 4.78 is 0. The van der Waals surface area contributed by atoms with Crippen LogP contribution in [0.15, 0.2) is 35.3 Å². The molecule has 0 amide bonds. The first-order valence-electron chi connectivity index (χ1n) is 6.23. The van der Waals surface area contributed by atoms with Crippen LogP contribution < -0.4 is 5.32 Å². The number of benzene rings is 1. The van der Waals surface area contributed by atoms with Crippen LogP contribution in [-0.4, -0.2) is 23.5 Å². The fourth-order valence-electron chi connectivity index (χ4n) is 1.79. The van der Waals surface area contributed by atoms with Crippen molar-refractivity contribution >= 4 is 16.9 Å². The average Bonchev–Trinajstić information content (AvgIpc) is 2.79. The predicted molar refractivity (Wildman–Crippen MR) is 76.7 cm³/mol. The molecule has 1 aliphatic heterocycles. The molecule has 0 aromatic heterocycles. The van der Waals surface area contributed by atoms with Gasteiger partial charge in [0.2, 0.25) is 0 Å². The van der Waals surface area contributed by atoms with Gasteiger partial charge in [-0.15, -0.1) is 0 Å². The molecule has 1 atom stereocenters. The number of nitrogens with zero attached hydrogens (tertiary/aromatic N) is 1. The minimum atomic E-state index is 0.593. The molecule has 17 heavy (non-hydrogen) atoms. The quantitative estimate of drug-likeness (QED) is 0.886. The van der Waals surface area contributed by atoms with Crippen LogP contribution >= 0.6 is 11.8 Å². The van der Waals surface area contributed by atoms with Crippen molar-refractivity contribution in [2.45, 2.75) is 26.3 Å². The summed E-state index contributed by atoms with van der Waals surface area (Å²) >= 11 is 1.85. The molecule has 1 heterocycles. The largest absolute Gasteiger partial charge is 0.361 e. The Bertz CT molecular complexity index is 373. The Morgan fingerprint density at radius 1 is 1.35 bits per heavy atom. The first kappa shape index (κ1) is 12.5. The smallest absolute Gasteiger partial charge is 0.156 e. The van der Waals surface area contributed by atoms with Crippen molar-refractivity contribution in [3.63, 3.8) is 0 Å². The highest BCUT2D eigenvalue weighted by atomic mass is 32.2. The van der Waals surface area contributed by atoms with Crippen LogP contribution in [0.25, 0.3) is 0 Å². The highest BCUT2D eigenvalue weighted by Crippen LogP contribution is 2.18. The zero-order valence-electron chi connectivity index (χ0n) is 10.5. The molecule has 2 rings (SSSR count). The molecule has 0 spiro atoms. The van der Waals surface area contributed by atoms with Crippen molar-refractivity contribution in [3.8, 4) is 0 Å². The molecule has 92 valence electrons. The van der Waals surface area contributed by atoms with E-state index in [-0.39, 0.29) is 0 Å². The SMILES string of the molecule is CC(C)[C@H]1CSC(=NCCc2ccccc2)N1. The van der Waals surface area contributed by atoms with Gasteiger partial charge in [-0.1, -0.05) is 55.9 Å². The predicted octanol–water partition coefficient (Wildman–Crippen LogP) is 2.95. The molecule has 0 saturated carbocycles. The molecule has 0 unspecified atom stereocenters. The Kier molecular flexibility index (Phi) is 4.49. The summed E-state index contributed by atoms with van der Waals surface area (Å²) in [6.45, 7) is 5.39. The van der Waals surface area contributed by atoms with E-state index in [2.05, 4.69) is 54.5 Å². The van der Waals surface area contributed by atoms with E-state index in [0.29, 0.717) is 12.0 Å². The monoisotopic (exact) mass is 248 g/mol. The summed E-state index contributed by atoms with van der Waals surface area (Å²) in [6.07, 6.45) is 1.03. The lowest BCUT2D eigenvalue weighted by Gasteiger charge is -2.13. The molecule has 1 aromatic rings. The number of thioether (sulfide) groups is 1. The van der Waals surface area contributed by atoms with Gasteiger partial charge in [-0.3, -0.25) is 4.99 Å². The van der Waals surface area contributed by atoms with E-state index in [0.717, 1.165) is 23.9 Å². The summed E-state index contributed by atoms with van der Waals surface area (Å²) in [5.41, 5.74) is 1.36. The number of aliphatic imine (C=N–C) groups is 1. The zero-order valence-corrected chi connectivity index (χ0v) is 11.3. The highest BCUT2D eigenvalue weighted by Gasteiger charge is 2.22. The van der Waals surface area contributed by atoms with Crippen molar-refractivity contribution < 1.29 is 0 Å². The van der Waals surface area contributed by atoms with Gasteiger partial charge in [-0.25, -0.2) is 0 Å². The number of rotatable bonds is 4. The van der Waals surface area contributed by atoms with Gasteiger partial charge in [0.1, 0.15) is 0 Å². The lowest BCUT2D eigenvalue weighted by molar-refractivity contribution is 0.503. The fraction of sp³-hybridized carbons (Fsp3) is 0.500. The lowest BCUT2D eigenvalue weighted by Crippen LogP contribution is -2.31. The normalized spacial score (nSPS) is 22.1. The summed E-state index contributed by atoms with van der Waals surface area (Å²) in [5.74, 6) is 1.84. The molecule has 2 nitrogen and oxygen atoms in total. The molecule has 1 N–H and O–H groups in total. The molecule has 0 bridgehead atoms. The number of hydrogen-bond acceptors (Lipinski definition) is 2. The van der Waals surface area contributed by atoms with E-state index >= 15 is 0 Å². The number of nitrogens with one attached hydrogen (secondary N) is 1. The average molecular weight is 248 g/mol. The van der Waals surface area contributed by atoms with Crippen molar-refractivity contribution in [2.24, 2.45) is 10.9 Å². The van der Waals surface area contributed by atoms with Crippen LogP contribution in [-0.2, 0) is 6.42 Å². The summed E-state index contributed by atoms with van der Waals surface area (Å²) in [4.78, 5) is 4.62. The summed E-state index contributed by atoms with van der Waals surface area (Å²) in [5, 5.41) is 4.61. The Balaban J connectivity index is 1.79. The van der Waals surface area contributed by atoms with Crippen LogP contribution in [0.3, 0.4) is 0 Å². The third-order valence-electron chi connectivity index (χ3n) is 3.01. The van der Waals surface area contributed by atoms with Gasteiger partial charge in [0, 0.05) is 18.3 Å². The Morgan fingerprint density at radius 3 is 2.76 bits per heavy atom. The standard InChI is InChI=1S/C14H20N2S/c1-11(2)13-10-17-14(16-13)15-9-8-12-6-4-3-5-7-12/h3-7,11,13H,8-10H2,1-2H3,(H,15,16)/t13-/m1/s1. The second-order valence-corrected chi connectivity index (χ2v) is 5.74. The maximum atomic E-state index is 4.62. The van der Waals surface area contributed by atoms with E-state index in [1.165, 1.54) is 5.56 Å². The zero-order chi connectivity index (χ0) is 12.1. The number of hydrogen-bond donors (Lipinski definition) is 1. The Morgan fingerprint density at radius 2 is 2.12 bits per heavy atom. The van der Waals surface area contributed by atoms with Gasteiger partial charge in [-0.2, -0.15) is 0 Å². The van der Waals surface area contributed by atoms with E-state index in [1.54, 1.807) is 0 Å². The fourth-order valence-corrected chi connectivity index (χ4v) is 3.02. The van der Waals surface area contributed by atoms with E-state index in [1.807, 2.05) is 11.8 Å². The molecule has 0 aliphatic carbocycles. The van der Waals surface area contributed by atoms with E-state index < -0.39 is 0 Å². The molecule has 1 aromatic carbocycles. The third kappa shape index (κ3) is 3.77. The third-order valence-corrected chi connectivity index (χ3v) is 4.06. The van der Waals surface area contributed by atoms with Crippen LogP contribution in [0.2, 0.25) is 0 Å². The first-order valence-corrected chi connectivity index (χ1v) is 7.22. The van der Waals surface area contributed by atoms with Crippen molar-refractivity contribution in [3.05, 3.63) is 35.9 Å². The second kappa shape index (κ2) is 6.10. The molecule has 1 saturated heterocycles. The van der Waals surface area contributed by atoms with Gasteiger partial charge < -0.3 is 5.32 Å². The molecular weight excluding hydrogens is 228 g/mol. The van der Waals surface area contributed by atoms with Crippen LogP contribution in [0, 0.1) is 5.92 Å². The molecule has 1 aliphatic rings. The minimum absolute atomic E-state index is 0.593. The van der Waals surface area contributed by atoms with Crippen molar-refractivity contribution in [1.82, 2.24) is 5.32 Å². The maximum absolute atomic E-state index is 4.62. The molecule has 1 fully saturated rings. The summed E-state index contributed by atoms with van der Waals surface area (Å²) in [6, 6.07) is 11.1. The number of amidine groups is 1. The maximum Gasteiger partial charge on any atom is 0.156 e. The Hall–Kier alpha value is -0.960. The van der Waals surface area contributed by atoms with Crippen molar-refractivity contribution in [2.75, 3.05) is 12.3 Å². The van der Waals surface area contributed by atoms with Crippen molar-refractivity contribution in [1.29, 1.82) is 0 Å². The second-order valence-electron chi connectivity index (χ2n) is 4.73. The highest BCUT2D eigenvalue weighted by molar-refractivity contribution is 8.14. The summed E-state index contributed by atoms with van der Waals surface area (Å²) in [7, 11) is 0. The minimum Gasteiger partial charge on any atom is -0.361 e. The van der Waals surface area contributed by atoms with Gasteiger partial charge >= 0.3 is 0 Å². The lowest BCUT2D eigenvalue weighted by atomic mass is 10.1. The first-order chi connectivity index (χ1) is 8.25. The van der Waals surface area contributed by atoms with Gasteiger partial charge in [-0.05, 0) is 17.9 Å². The Labute approximate surface area is 108 Å². The van der Waals surface area contributed by atoms with Gasteiger partial charge in [0.25, 0.3) is 0 Å². The van der Waals surface area contributed by atoms with E-state index in [4.69, 9.17) is 0 Å². The topological polar surface area (TPSA) is 24.4 Å². The molecular formula is C14H20N2S. The molecule has 3 heteroatoms. The molecule has 0 radical (unpaired) electrons.